The van der Waals surface area contributed by atoms with E-state index in [0.29, 0.717) is 31.3 Å². The number of aryl methyl sites for hydroxylation is 1. The predicted molar refractivity (Wildman–Crippen MR) is 132 cm³/mol. The number of hydrogen-bond donors (Lipinski definition) is 0. The molecule has 0 unspecified atom stereocenters. The third-order valence-electron chi connectivity index (χ3n) is 5.07. The number of ether oxygens (including phenoxy) is 2. The van der Waals surface area contributed by atoms with Crippen LogP contribution in [0.15, 0.2) is 108 Å². The highest BCUT2D eigenvalue weighted by atomic mass is 16.6. The van der Waals surface area contributed by atoms with Gasteiger partial charge in [0, 0.05) is 5.56 Å². The molecule has 4 rings (SSSR count). The Kier molecular flexibility index (Phi) is 7.74. The minimum absolute atomic E-state index is 0.423. The van der Waals surface area contributed by atoms with Crippen LogP contribution in [0.25, 0.3) is 0 Å². The molecule has 0 aliphatic heterocycles. The highest BCUT2D eigenvalue weighted by Gasteiger charge is 2.08. The molecule has 0 saturated heterocycles. The molecule has 0 aromatic heterocycles. The van der Waals surface area contributed by atoms with E-state index in [1.807, 2.05) is 91.0 Å². The molecule has 33 heavy (non-hydrogen) atoms. The van der Waals surface area contributed by atoms with E-state index in [-0.39, 0.29) is 0 Å². The second kappa shape index (κ2) is 11.5. The maximum absolute atomic E-state index is 6.11. The lowest BCUT2D eigenvalue weighted by Gasteiger charge is -2.14. The van der Waals surface area contributed by atoms with Crippen molar-refractivity contribution in [2.45, 2.75) is 26.7 Å². The summed E-state index contributed by atoms with van der Waals surface area (Å²) in [4.78, 5) is 5.47. The Morgan fingerprint density at radius 3 is 1.82 bits per heavy atom. The lowest BCUT2D eigenvalue weighted by atomic mass is 10.2. The molecular formula is C29H27NO3. The van der Waals surface area contributed by atoms with E-state index in [0.717, 1.165) is 22.3 Å². The number of hydrogen-bond acceptors (Lipinski definition) is 4. The zero-order valence-electron chi connectivity index (χ0n) is 18.7. The van der Waals surface area contributed by atoms with Gasteiger partial charge in [-0.25, -0.2) is 0 Å². The topological polar surface area (TPSA) is 40.0 Å². The van der Waals surface area contributed by atoms with Crippen LogP contribution in [0.1, 0.15) is 27.8 Å². The summed E-state index contributed by atoms with van der Waals surface area (Å²) in [5.41, 5.74) is 5.36. The molecule has 0 spiro atoms. The number of oxime groups is 1. The summed E-state index contributed by atoms with van der Waals surface area (Å²) in [5.74, 6) is 1.35. The lowest BCUT2D eigenvalue weighted by Crippen LogP contribution is -2.01. The highest BCUT2D eigenvalue weighted by Crippen LogP contribution is 2.29. The smallest absolute Gasteiger partial charge is 0.162 e. The lowest BCUT2D eigenvalue weighted by molar-refractivity contribution is 0.132. The van der Waals surface area contributed by atoms with E-state index in [1.165, 1.54) is 5.56 Å². The van der Waals surface area contributed by atoms with Gasteiger partial charge in [0.2, 0.25) is 0 Å². The molecule has 0 atom stereocenters. The average Bonchev–Trinajstić information content (AvgIpc) is 2.87. The molecule has 0 fully saturated rings. The molecule has 0 saturated carbocycles. The van der Waals surface area contributed by atoms with Crippen molar-refractivity contribution in [3.05, 3.63) is 131 Å². The predicted octanol–water partition coefficient (Wildman–Crippen LogP) is 6.70. The summed E-state index contributed by atoms with van der Waals surface area (Å²) >= 11 is 0. The third kappa shape index (κ3) is 6.97. The van der Waals surface area contributed by atoms with E-state index < -0.39 is 0 Å². The first kappa shape index (κ1) is 22.2. The van der Waals surface area contributed by atoms with Gasteiger partial charge < -0.3 is 14.3 Å². The van der Waals surface area contributed by atoms with Crippen LogP contribution in [0.2, 0.25) is 0 Å². The Morgan fingerprint density at radius 1 is 0.606 bits per heavy atom. The monoisotopic (exact) mass is 437 g/mol. The molecule has 4 nitrogen and oxygen atoms in total. The molecule has 0 heterocycles. The van der Waals surface area contributed by atoms with Crippen LogP contribution in [0, 0.1) is 6.92 Å². The fourth-order valence-corrected chi connectivity index (χ4v) is 3.20. The SMILES string of the molecule is Cc1ccc(CO/N=C\c2ccc(OCc3ccccc3)c(OCc3ccccc3)c2)cc1. The zero-order chi connectivity index (χ0) is 22.7. The van der Waals surface area contributed by atoms with Crippen molar-refractivity contribution < 1.29 is 14.3 Å². The summed E-state index contributed by atoms with van der Waals surface area (Å²) in [6.45, 7) is 3.41. The van der Waals surface area contributed by atoms with Gasteiger partial charge in [-0.3, -0.25) is 0 Å². The van der Waals surface area contributed by atoms with Crippen LogP contribution >= 0.6 is 0 Å². The fraction of sp³-hybridized carbons (Fsp3) is 0.138. The van der Waals surface area contributed by atoms with E-state index in [9.17, 15) is 0 Å². The summed E-state index contributed by atoms with van der Waals surface area (Å²) in [6, 6.07) is 34.1. The van der Waals surface area contributed by atoms with E-state index >= 15 is 0 Å². The van der Waals surface area contributed by atoms with Gasteiger partial charge in [-0.15, -0.1) is 0 Å². The first-order valence-corrected chi connectivity index (χ1v) is 10.9. The van der Waals surface area contributed by atoms with Crippen LogP contribution in [0.4, 0.5) is 0 Å². The van der Waals surface area contributed by atoms with Crippen molar-refractivity contribution in [1.29, 1.82) is 0 Å². The first-order chi connectivity index (χ1) is 16.3. The third-order valence-corrected chi connectivity index (χ3v) is 5.07. The Bertz CT molecular complexity index is 1160. The molecule has 166 valence electrons. The summed E-state index contributed by atoms with van der Waals surface area (Å²) < 4.78 is 12.2. The van der Waals surface area contributed by atoms with Crippen LogP contribution in [-0.2, 0) is 24.7 Å². The molecule has 0 aliphatic rings. The second-order valence-corrected chi connectivity index (χ2v) is 7.75. The van der Waals surface area contributed by atoms with Crippen LogP contribution in [0.5, 0.6) is 11.5 Å². The van der Waals surface area contributed by atoms with Crippen LogP contribution < -0.4 is 9.47 Å². The van der Waals surface area contributed by atoms with Gasteiger partial charge in [0.05, 0.1) is 6.21 Å². The number of rotatable bonds is 10. The van der Waals surface area contributed by atoms with Gasteiger partial charge >= 0.3 is 0 Å². The molecule has 0 aliphatic carbocycles. The largest absolute Gasteiger partial charge is 0.485 e. The molecule has 0 bridgehead atoms. The van der Waals surface area contributed by atoms with Gasteiger partial charge in [-0.1, -0.05) is 95.6 Å². The number of benzene rings is 4. The van der Waals surface area contributed by atoms with Gasteiger partial charge in [0.15, 0.2) is 11.5 Å². The summed E-state index contributed by atoms with van der Waals surface area (Å²) in [5, 5.41) is 4.12. The molecule has 0 amide bonds. The van der Waals surface area contributed by atoms with E-state index in [2.05, 4.69) is 24.2 Å². The van der Waals surface area contributed by atoms with E-state index in [4.69, 9.17) is 14.3 Å². The van der Waals surface area contributed by atoms with Crippen LogP contribution in [0.3, 0.4) is 0 Å². The average molecular weight is 438 g/mol. The standard InChI is InChI=1S/C29H27NO3/c1-23-12-14-26(15-13-23)22-33-30-19-27-16-17-28(31-20-24-8-4-2-5-9-24)29(18-27)32-21-25-10-6-3-7-11-25/h2-19H,20-22H2,1H3/b30-19-. The maximum atomic E-state index is 6.11. The van der Waals surface area contributed by atoms with Crippen molar-refractivity contribution in [2.75, 3.05) is 0 Å². The van der Waals surface area contributed by atoms with Crippen molar-refractivity contribution in [2.24, 2.45) is 5.16 Å². The summed E-state index contributed by atoms with van der Waals surface area (Å²) in [7, 11) is 0. The number of nitrogens with zero attached hydrogens (tertiary/aromatic N) is 1. The Morgan fingerprint density at radius 2 is 1.18 bits per heavy atom. The minimum atomic E-state index is 0.423. The zero-order valence-corrected chi connectivity index (χ0v) is 18.7. The van der Waals surface area contributed by atoms with Crippen LogP contribution in [-0.4, -0.2) is 6.21 Å². The maximum Gasteiger partial charge on any atom is 0.162 e. The Hall–Kier alpha value is -4.05. The Labute approximate surface area is 195 Å². The van der Waals surface area contributed by atoms with Crippen molar-refractivity contribution in [3.8, 4) is 11.5 Å². The Balaban J connectivity index is 1.43. The normalized spacial score (nSPS) is 10.8. The molecule has 4 aromatic carbocycles. The molecule has 0 N–H and O–H groups in total. The van der Waals surface area contributed by atoms with Crippen molar-refractivity contribution in [1.82, 2.24) is 0 Å². The van der Waals surface area contributed by atoms with E-state index in [1.54, 1.807) is 6.21 Å². The summed E-state index contributed by atoms with van der Waals surface area (Å²) in [6.07, 6.45) is 1.69. The van der Waals surface area contributed by atoms with Gasteiger partial charge in [0.1, 0.15) is 19.8 Å². The van der Waals surface area contributed by atoms with Gasteiger partial charge in [-0.05, 0) is 41.8 Å². The highest BCUT2D eigenvalue weighted by molar-refractivity contribution is 5.80. The molecule has 4 aromatic rings. The van der Waals surface area contributed by atoms with Crippen molar-refractivity contribution in [3.63, 3.8) is 0 Å². The fourth-order valence-electron chi connectivity index (χ4n) is 3.20. The quantitative estimate of drug-likeness (QED) is 0.205. The minimum Gasteiger partial charge on any atom is -0.485 e. The molecule has 4 heteroatoms. The van der Waals surface area contributed by atoms with Gasteiger partial charge in [-0.2, -0.15) is 0 Å². The molecule has 0 radical (unpaired) electrons. The van der Waals surface area contributed by atoms with Crippen molar-refractivity contribution >= 4 is 6.21 Å². The molecular weight excluding hydrogens is 410 g/mol. The first-order valence-electron chi connectivity index (χ1n) is 10.9. The van der Waals surface area contributed by atoms with Gasteiger partial charge in [0.25, 0.3) is 0 Å². The second-order valence-electron chi connectivity index (χ2n) is 7.75.